The van der Waals surface area contributed by atoms with Crippen LogP contribution >= 0.6 is 0 Å². The van der Waals surface area contributed by atoms with Gasteiger partial charge in [-0.15, -0.1) is 0 Å². The summed E-state index contributed by atoms with van der Waals surface area (Å²) in [5.41, 5.74) is 1.34. The van der Waals surface area contributed by atoms with E-state index in [0.29, 0.717) is 25.1 Å². The van der Waals surface area contributed by atoms with Crippen molar-refractivity contribution < 1.29 is 14.3 Å². The zero-order valence-corrected chi connectivity index (χ0v) is 13.6. The fraction of sp³-hybridized carbons (Fsp3) is 0.588. The third-order valence-corrected chi connectivity index (χ3v) is 4.14. The van der Waals surface area contributed by atoms with Crippen LogP contribution in [-0.2, 0) is 0 Å². The molecular weight excluding hydrogens is 297 g/mol. The van der Waals surface area contributed by atoms with E-state index in [4.69, 9.17) is 0 Å². The minimum Gasteiger partial charge on any atom is -0.393 e. The molecule has 1 aromatic rings. The molecule has 6 heteroatoms. The number of urea groups is 1. The number of hydrogen-bond donors (Lipinski definition) is 3. The van der Waals surface area contributed by atoms with Gasteiger partial charge in [0.1, 0.15) is 5.82 Å². The van der Waals surface area contributed by atoms with Crippen molar-refractivity contribution in [3.05, 3.63) is 24.0 Å². The number of piperidine rings is 1. The van der Waals surface area contributed by atoms with Gasteiger partial charge in [-0.1, -0.05) is 6.92 Å². The number of anilines is 2. The number of aliphatic hydroxyl groups excluding tert-OH is 1. The van der Waals surface area contributed by atoms with Gasteiger partial charge in [0.25, 0.3) is 0 Å². The second-order valence-electron chi connectivity index (χ2n) is 5.94. The average molecular weight is 323 g/mol. The van der Waals surface area contributed by atoms with Crippen molar-refractivity contribution in [1.29, 1.82) is 0 Å². The monoisotopic (exact) mass is 323 g/mol. The van der Waals surface area contributed by atoms with E-state index >= 15 is 0 Å². The van der Waals surface area contributed by atoms with Crippen molar-refractivity contribution in [2.45, 2.75) is 45.1 Å². The highest BCUT2D eigenvalue weighted by atomic mass is 19.1. The fourth-order valence-corrected chi connectivity index (χ4v) is 2.74. The molecule has 2 amide bonds. The largest absolute Gasteiger partial charge is 0.393 e. The molecule has 1 unspecified atom stereocenters. The summed E-state index contributed by atoms with van der Waals surface area (Å²) in [7, 11) is 0. The third-order valence-electron chi connectivity index (χ3n) is 4.14. The highest BCUT2D eigenvalue weighted by molar-refractivity contribution is 5.93. The summed E-state index contributed by atoms with van der Waals surface area (Å²) in [6, 6.07) is 4.11. The Hall–Kier alpha value is -1.82. The Kier molecular flexibility index (Phi) is 6.65. The first-order valence-electron chi connectivity index (χ1n) is 8.37. The SMILES string of the molecule is CCC(O)CCNC(=O)Nc1cc(F)ccc1N1CCCCC1. The lowest BCUT2D eigenvalue weighted by Gasteiger charge is -2.30. The fourth-order valence-electron chi connectivity index (χ4n) is 2.74. The molecule has 3 N–H and O–H groups in total. The Bertz CT molecular complexity index is 519. The summed E-state index contributed by atoms with van der Waals surface area (Å²) >= 11 is 0. The van der Waals surface area contributed by atoms with Crippen LogP contribution in [0.1, 0.15) is 39.0 Å². The summed E-state index contributed by atoms with van der Waals surface area (Å²) < 4.78 is 13.5. The molecule has 0 aliphatic carbocycles. The van der Waals surface area contributed by atoms with Crippen molar-refractivity contribution >= 4 is 17.4 Å². The molecule has 5 nitrogen and oxygen atoms in total. The lowest BCUT2D eigenvalue weighted by molar-refractivity contribution is 0.160. The van der Waals surface area contributed by atoms with E-state index in [2.05, 4.69) is 15.5 Å². The molecule has 1 fully saturated rings. The van der Waals surface area contributed by atoms with Crippen LogP contribution in [0, 0.1) is 5.82 Å². The molecule has 0 spiro atoms. The van der Waals surface area contributed by atoms with E-state index in [-0.39, 0.29) is 11.8 Å². The standard InChI is InChI=1S/C17H26FN3O2/c1-2-14(22)8-9-19-17(23)20-15-12-13(18)6-7-16(15)21-10-4-3-5-11-21/h6-7,12,14,22H,2-5,8-11H2,1H3,(H2,19,20,23). The van der Waals surface area contributed by atoms with Crippen molar-refractivity contribution in [3.63, 3.8) is 0 Å². The van der Waals surface area contributed by atoms with Gasteiger partial charge in [0.05, 0.1) is 17.5 Å². The molecule has 0 radical (unpaired) electrons. The predicted octanol–water partition coefficient (Wildman–Crippen LogP) is 3.10. The summed E-state index contributed by atoms with van der Waals surface area (Å²) in [6.07, 6.45) is 4.18. The van der Waals surface area contributed by atoms with Crippen LogP contribution < -0.4 is 15.5 Å². The van der Waals surface area contributed by atoms with Crippen molar-refractivity contribution in [1.82, 2.24) is 5.32 Å². The van der Waals surface area contributed by atoms with Crippen LogP contribution in [0.15, 0.2) is 18.2 Å². The lowest BCUT2D eigenvalue weighted by Crippen LogP contribution is -2.33. The number of benzene rings is 1. The molecular formula is C17H26FN3O2. The Morgan fingerprint density at radius 3 is 2.78 bits per heavy atom. The van der Waals surface area contributed by atoms with Gasteiger partial charge >= 0.3 is 6.03 Å². The highest BCUT2D eigenvalue weighted by Crippen LogP contribution is 2.29. The van der Waals surface area contributed by atoms with E-state index in [1.165, 1.54) is 18.6 Å². The Morgan fingerprint density at radius 1 is 1.35 bits per heavy atom. The van der Waals surface area contributed by atoms with Gasteiger partial charge in [0, 0.05) is 19.6 Å². The van der Waals surface area contributed by atoms with E-state index in [0.717, 1.165) is 31.6 Å². The second-order valence-corrected chi connectivity index (χ2v) is 5.94. The summed E-state index contributed by atoms with van der Waals surface area (Å²) in [5.74, 6) is -0.373. The number of aliphatic hydroxyl groups is 1. The van der Waals surface area contributed by atoms with Gasteiger partial charge in [-0.25, -0.2) is 9.18 Å². The molecule has 1 heterocycles. The minimum atomic E-state index is -0.409. The number of halogens is 1. The summed E-state index contributed by atoms with van der Waals surface area (Å²) in [5, 5.41) is 14.9. The number of carbonyl (C=O) groups excluding carboxylic acids is 1. The van der Waals surface area contributed by atoms with Crippen LogP contribution in [0.3, 0.4) is 0 Å². The van der Waals surface area contributed by atoms with Gasteiger partial charge < -0.3 is 20.6 Å². The number of rotatable bonds is 6. The zero-order chi connectivity index (χ0) is 16.7. The quantitative estimate of drug-likeness (QED) is 0.754. The normalized spacial score (nSPS) is 16.0. The average Bonchev–Trinajstić information content (AvgIpc) is 2.55. The van der Waals surface area contributed by atoms with Gasteiger partial charge in [0.15, 0.2) is 0 Å². The first kappa shape index (κ1) is 17.5. The van der Waals surface area contributed by atoms with Gasteiger partial charge in [0.2, 0.25) is 0 Å². The molecule has 1 aromatic carbocycles. The minimum absolute atomic E-state index is 0.373. The zero-order valence-electron chi connectivity index (χ0n) is 13.6. The molecule has 0 aromatic heterocycles. The molecule has 128 valence electrons. The summed E-state index contributed by atoms with van der Waals surface area (Å²) in [4.78, 5) is 14.2. The molecule has 1 aliphatic heterocycles. The smallest absolute Gasteiger partial charge is 0.319 e. The van der Waals surface area contributed by atoms with E-state index in [1.807, 2.05) is 6.92 Å². The maximum absolute atomic E-state index is 13.5. The van der Waals surface area contributed by atoms with Crippen LogP contribution in [0.25, 0.3) is 0 Å². The Balaban J connectivity index is 1.97. The third kappa shape index (κ3) is 5.39. The molecule has 0 saturated carbocycles. The number of carbonyl (C=O) groups is 1. The second kappa shape index (κ2) is 8.72. The molecule has 1 saturated heterocycles. The first-order chi connectivity index (χ1) is 11.1. The van der Waals surface area contributed by atoms with Crippen LogP contribution in [0.4, 0.5) is 20.6 Å². The molecule has 0 bridgehead atoms. The van der Waals surface area contributed by atoms with Crippen LogP contribution in [0.2, 0.25) is 0 Å². The maximum Gasteiger partial charge on any atom is 0.319 e. The maximum atomic E-state index is 13.5. The lowest BCUT2D eigenvalue weighted by atomic mass is 10.1. The Morgan fingerprint density at radius 2 is 2.09 bits per heavy atom. The number of nitrogens with one attached hydrogen (secondary N) is 2. The van der Waals surface area contributed by atoms with Crippen molar-refractivity contribution in [2.24, 2.45) is 0 Å². The number of amides is 2. The van der Waals surface area contributed by atoms with Gasteiger partial charge in [-0.05, 0) is 50.3 Å². The number of hydrogen-bond acceptors (Lipinski definition) is 3. The molecule has 1 atom stereocenters. The summed E-state index contributed by atoms with van der Waals surface area (Å²) in [6.45, 7) is 4.12. The Labute approximate surface area is 136 Å². The van der Waals surface area contributed by atoms with Gasteiger partial charge in [-0.3, -0.25) is 0 Å². The van der Waals surface area contributed by atoms with Crippen molar-refractivity contribution in [2.75, 3.05) is 29.9 Å². The van der Waals surface area contributed by atoms with Gasteiger partial charge in [-0.2, -0.15) is 0 Å². The van der Waals surface area contributed by atoms with E-state index in [9.17, 15) is 14.3 Å². The predicted molar refractivity (Wildman–Crippen MR) is 90.4 cm³/mol. The first-order valence-corrected chi connectivity index (χ1v) is 8.37. The number of nitrogens with zero attached hydrogens (tertiary/aromatic N) is 1. The van der Waals surface area contributed by atoms with Crippen LogP contribution in [-0.4, -0.2) is 36.9 Å². The van der Waals surface area contributed by atoms with Crippen LogP contribution in [0.5, 0.6) is 0 Å². The molecule has 2 rings (SSSR count). The highest BCUT2D eigenvalue weighted by Gasteiger charge is 2.16. The molecule has 23 heavy (non-hydrogen) atoms. The van der Waals surface area contributed by atoms with E-state index < -0.39 is 6.10 Å². The van der Waals surface area contributed by atoms with E-state index in [1.54, 1.807) is 6.07 Å². The molecule has 1 aliphatic rings. The topological polar surface area (TPSA) is 64.6 Å². The van der Waals surface area contributed by atoms with Crippen molar-refractivity contribution in [3.8, 4) is 0 Å².